The van der Waals surface area contributed by atoms with Gasteiger partial charge in [0.05, 0.1) is 13.1 Å². The van der Waals surface area contributed by atoms with Crippen molar-refractivity contribution in [3.8, 4) is 0 Å². The average Bonchev–Trinajstić information content (AvgIpc) is 2.26. The summed E-state index contributed by atoms with van der Waals surface area (Å²) in [5.41, 5.74) is 0. The van der Waals surface area contributed by atoms with E-state index < -0.39 is 45.6 Å². The lowest BCUT2D eigenvalue weighted by molar-refractivity contribution is -0.134. The Kier molecular flexibility index (Phi) is 3.57. The van der Waals surface area contributed by atoms with E-state index >= 15 is 0 Å². The number of imide groups is 1. The van der Waals surface area contributed by atoms with E-state index in [0.717, 1.165) is 12.1 Å². The highest BCUT2D eigenvalue weighted by atomic mass is 35.5. The summed E-state index contributed by atoms with van der Waals surface area (Å²) >= 11 is 5.53. The highest BCUT2D eigenvalue weighted by Gasteiger charge is 2.34. The van der Waals surface area contributed by atoms with Crippen LogP contribution in [0, 0.1) is 5.82 Å². The van der Waals surface area contributed by atoms with Gasteiger partial charge in [0.15, 0.2) is 0 Å². The molecule has 0 aromatic heterocycles. The van der Waals surface area contributed by atoms with Crippen molar-refractivity contribution in [2.75, 3.05) is 13.1 Å². The molecule has 2 rings (SSSR count). The third kappa shape index (κ3) is 2.75. The van der Waals surface area contributed by atoms with Gasteiger partial charge in [0.25, 0.3) is 0 Å². The quantitative estimate of drug-likeness (QED) is 0.787. The smallest absolute Gasteiger partial charge is 0.246 e. The topological polar surface area (TPSA) is 83.6 Å². The van der Waals surface area contributed by atoms with Gasteiger partial charge in [0, 0.05) is 5.02 Å². The molecular formula is C10H8ClFN2O4S. The molecule has 0 aliphatic carbocycles. The molecule has 102 valence electrons. The number of sulfonamides is 1. The second-order valence-electron chi connectivity index (χ2n) is 3.82. The highest BCUT2D eigenvalue weighted by Crippen LogP contribution is 2.22. The summed E-state index contributed by atoms with van der Waals surface area (Å²) < 4.78 is 38.5. The van der Waals surface area contributed by atoms with Gasteiger partial charge >= 0.3 is 0 Å². The first-order valence-electron chi connectivity index (χ1n) is 5.08. The molecule has 0 spiro atoms. The van der Waals surface area contributed by atoms with Crippen LogP contribution in [0.2, 0.25) is 5.02 Å². The minimum absolute atomic E-state index is 0.0453. The van der Waals surface area contributed by atoms with Crippen LogP contribution in [-0.2, 0) is 19.6 Å². The Bertz CT molecular complexity index is 645. The minimum atomic E-state index is -4.26. The summed E-state index contributed by atoms with van der Waals surface area (Å²) in [5, 5.41) is 2.00. The van der Waals surface area contributed by atoms with E-state index in [2.05, 4.69) is 0 Å². The largest absolute Gasteiger partial charge is 0.294 e. The maximum Gasteiger partial charge on any atom is 0.246 e. The molecule has 1 aromatic rings. The standard InChI is InChI=1S/C10H8ClFN2O4S/c11-6-1-2-8(7(12)3-6)19(17,18)14-4-9(15)13-10(16)5-14/h1-3H,4-5H2,(H,13,15,16). The molecular weight excluding hydrogens is 299 g/mol. The Morgan fingerprint density at radius 3 is 2.32 bits per heavy atom. The zero-order valence-electron chi connectivity index (χ0n) is 9.39. The Morgan fingerprint density at radius 2 is 1.79 bits per heavy atom. The number of hydrogen-bond donors (Lipinski definition) is 1. The van der Waals surface area contributed by atoms with Crippen molar-refractivity contribution < 1.29 is 22.4 Å². The number of rotatable bonds is 2. The normalized spacial score (nSPS) is 17.4. The highest BCUT2D eigenvalue weighted by molar-refractivity contribution is 7.89. The maximum atomic E-state index is 13.6. The van der Waals surface area contributed by atoms with Gasteiger partial charge < -0.3 is 0 Å². The summed E-state index contributed by atoms with van der Waals surface area (Å²) in [4.78, 5) is 21.7. The molecule has 1 saturated heterocycles. The number of halogens is 2. The fourth-order valence-corrected chi connectivity index (χ4v) is 3.16. The number of amides is 2. The molecule has 1 fully saturated rings. The molecule has 0 unspecified atom stereocenters. The third-order valence-corrected chi connectivity index (χ3v) is 4.49. The lowest BCUT2D eigenvalue weighted by atomic mass is 10.3. The van der Waals surface area contributed by atoms with E-state index in [1.165, 1.54) is 6.07 Å². The van der Waals surface area contributed by atoms with Gasteiger partial charge in [0.2, 0.25) is 21.8 Å². The van der Waals surface area contributed by atoms with Crippen LogP contribution in [0.1, 0.15) is 0 Å². The van der Waals surface area contributed by atoms with E-state index in [1.807, 2.05) is 5.32 Å². The molecule has 0 bridgehead atoms. The number of benzene rings is 1. The number of nitrogens with one attached hydrogen (secondary N) is 1. The van der Waals surface area contributed by atoms with E-state index in [4.69, 9.17) is 11.6 Å². The van der Waals surface area contributed by atoms with Crippen LogP contribution in [0.4, 0.5) is 4.39 Å². The van der Waals surface area contributed by atoms with Crippen LogP contribution in [0.5, 0.6) is 0 Å². The van der Waals surface area contributed by atoms with Gasteiger partial charge in [-0.1, -0.05) is 11.6 Å². The first-order chi connectivity index (χ1) is 8.80. The first kappa shape index (κ1) is 13.9. The Morgan fingerprint density at radius 1 is 1.21 bits per heavy atom. The molecule has 9 heteroatoms. The lowest BCUT2D eigenvalue weighted by Gasteiger charge is -2.24. The van der Waals surface area contributed by atoms with E-state index in [1.54, 1.807) is 0 Å². The van der Waals surface area contributed by atoms with Crippen molar-refractivity contribution in [2.45, 2.75) is 4.90 Å². The molecule has 19 heavy (non-hydrogen) atoms. The van der Waals surface area contributed by atoms with Crippen molar-refractivity contribution >= 4 is 33.4 Å². The molecule has 1 aromatic carbocycles. The van der Waals surface area contributed by atoms with Crippen molar-refractivity contribution in [1.82, 2.24) is 9.62 Å². The molecule has 6 nitrogen and oxygen atoms in total. The number of carbonyl (C=O) groups excluding carboxylic acids is 2. The zero-order chi connectivity index (χ0) is 14.2. The molecule has 2 amide bonds. The van der Waals surface area contributed by atoms with Crippen LogP contribution >= 0.6 is 11.6 Å². The Hall–Kier alpha value is -1.51. The predicted octanol–water partition coefficient (Wildman–Crippen LogP) is 0.126. The van der Waals surface area contributed by atoms with Crippen molar-refractivity contribution in [2.24, 2.45) is 0 Å². The predicted molar refractivity (Wildman–Crippen MR) is 63.3 cm³/mol. The summed E-state index contributed by atoms with van der Waals surface area (Å²) in [6, 6.07) is 3.05. The molecule has 0 radical (unpaired) electrons. The number of hydrogen-bond acceptors (Lipinski definition) is 4. The van der Waals surface area contributed by atoms with E-state index in [-0.39, 0.29) is 5.02 Å². The van der Waals surface area contributed by atoms with Gasteiger partial charge in [-0.15, -0.1) is 0 Å². The molecule has 0 atom stereocenters. The van der Waals surface area contributed by atoms with Gasteiger partial charge in [-0.05, 0) is 18.2 Å². The Labute approximate surface area is 113 Å². The van der Waals surface area contributed by atoms with E-state index in [0.29, 0.717) is 4.31 Å². The molecule has 1 aliphatic heterocycles. The van der Waals surface area contributed by atoms with Crippen molar-refractivity contribution in [3.63, 3.8) is 0 Å². The summed E-state index contributed by atoms with van der Waals surface area (Å²) in [5.74, 6) is -2.55. The van der Waals surface area contributed by atoms with Crippen molar-refractivity contribution in [3.05, 3.63) is 29.0 Å². The van der Waals surface area contributed by atoms with Crippen LogP contribution in [0.15, 0.2) is 23.1 Å². The second kappa shape index (κ2) is 4.87. The summed E-state index contributed by atoms with van der Waals surface area (Å²) in [6.45, 7) is -1.06. The Balaban J connectivity index is 2.42. The minimum Gasteiger partial charge on any atom is -0.294 e. The van der Waals surface area contributed by atoms with Gasteiger partial charge in [0.1, 0.15) is 10.7 Å². The molecule has 1 aliphatic rings. The van der Waals surface area contributed by atoms with E-state index in [9.17, 15) is 22.4 Å². The summed E-state index contributed by atoms with van der Waals surface area (Å²) in [7, 11) is -4.26. The molecule has 1 heterocycles. The number of carbonyl (C=O) groups is 2. The van der Waals surface area contributed by atoms with Gasteiger partial charge in [-0.3, -0.25) is 14.9 Å². The maximum absolute atomic E-state index is 13.6. The molecule has 0 saturated carbocycles. The van der Waals surface area contributed by atoms with Crippen LogP contribution < -0.4 is 5.32 Å². The third-order valence-electron chi connectivity index (χ3n) is 2.43. The molecule has 1 N–H and O–H groups in total. The first-order valence-corrected chi connectivity index (χ1v) is 6.90. The number of piperazine rings is 1. The van der Waals surface area contributed by atoms with Crippen LogP contribution in [0.25, 0.3) is 0 Å². The number of nitrogens with zero attached hydrogens (tertiary/aromatic N) is 1. The zero-order valence-corrected chi connectivity index (χ0v) is 11.0. The average molecular weight is 307 g/mol. The van der Waals surface area contributed by atoms with Crippen LogP contribution in [-0.4, -0.2) is 37.6 Å². The fraction of sp³-hybridized carbons (Fsp3) is 0.200. The second-order valence-corrected chi connectivity index (χ2v) is 6.16. The van der Waals surface area contributed by atoms with Gasteiger partial charge in [-0.25, -0.2) is 12.8 Å². The monoisotopic (exact) mass is 306 g/mol. The van der Waals surface area contributed by atoms with Crippen molar-refractivity contribution in [1.29, 1.82) is 0 Å². The SMILES string of the molecule is O=C1CN(S(=O)(=O)c2ccc(Cl)cc2F)CC(=O)N1. The van der Waals surface area contributed by atoms with Gasteiger partial charge in [-0.2, -0.15) is 4.31 Å². The lowest BCUT2D eigenvalue weighted by Crippen LogP contribution is -2.53. The fourth-order valence-electron chi connectivity index (χ4n) is 1.60. The summed E-state index contributed by atoms with van der Waals surface area (Å²) in [6.07, 6.45) is 0. The van der Waals surface area contributed by atoms with Crippen LogP contribution in [0.3, 0.4) is 0 Å².